The number of amides is 1. The number of likely N-dealkylation sites (N-methyl/N-ethyl adjacent to an activating group) is 1. The number of carbonyl (C=O) groups excluding carboxylic acids is 2. The normalized spacial score (nSPS) is 10.6. The van der Waals surface area contributed by atoms with E-state index in [0.29, 0.717) is 30.0 Å². The number of hydrogen-bond acceptors (Lipinski definition) is 6. The Labute approximate surface area is 169 Å². The highest BCUT2D eigenvalue weighted by Gasteiger charge is 2.17. The van der Waals surface area contributed by atoms with E-state index < -0.39 is 11.6 Å². The molecular formula is C22H27NO6. The molecule has 1 aromatic carbocycles. The van der Waals surface area contributed by atoms with Crippen LogP contribution in [0.15, 0.2) is 39.6 Å². The van der Waals surface area contributed by atoms with Crippen LogP contribution in [0.3, 0.4) is 0 Å². The van der Waals surface area contributed by atoms with Crippen molar-refractivity contribution in [1.29, 1.82) is 0 Å². The van der Waals surface area contributed by atoms with Gasteiger partial charge in [0.15, 0.2) is 6.61 Å². The van der Waals surface area contributed by atoms with Gasteiger partial charge in [-0.1, -0.05) is 12.2 Å². The molecule has 156 valence electrons. The van der Waals surface area contributed by atoms with Gasteiger partial charge in [0.2, 0.25) is 0 Å². The van der Waals surface area contributed by atoms with Crippen LogP contribution in [0, 0.1) is 6.92 Å². The van der Waals surface area contributed by atoms with Crippen LogP contribution in [0.1, 0.15) is 31.4 Å². The molecule has 0 radical (unpaired) electrons. The third-order valence-corrected chi connectivity index (χ3v) is 4.63. The van der Waals surface area contributed by atoms with Crippen molar-refractivity contribution in [3.05, 3.63) is 51.9 Å². The Balaban J connectivity index is 2.01. The highest BCUT2D eigenvalue weighted by atomic mass is 16.5. The van der Waals surface area contributed by atoms with Crippen molar-refractivity contribution in [2.45, 2.75) is 33.6 Å². The average Bonchev–Trinajstić information content (AvgIpc) is 2.69. The average molecular weight is 401 g/mol. The minimum absolute atomic E-state index is 0.0207. The molecule has 0 saturated heterocycles. The third-order valence-electron chi connectivity index (χ3n) is 4.63. The van der Waals surface area contributed by atoms with Gasteiger partial charge in [0.1, 0.15) is 11.3 Å². The quantitative estimate of drug-likeness (QED) is 0.365. The molecule has 0 atom stereocenters. The van der Waals surface area contributed by atoms with Crippen molar-refractivity contribution in [3.8, 4) is 5.75 Å². The lowest BCUT2D eigenvalue weighted by Gasteiger charge is -2.20. The van der Waals surface area contributed by atoms with Gasteiger partial charge in [-0.2, -0.15) is 0 Å². The van der Waals surface area contributed by atoms with E-state index in [-0.39, 0.29) is 25.4 Å². The lowest BCUT2D eigenvalue weighted by Crippen LogP contribution is -2.35. The molecule has 1 amide bonds. The minimum Gasteiger partial charge on any atom is -0.497 e. The maximum atomic E-state index is 12.3. The van der Waals surface area contributed by atoms with E-state index in [1.54, 1.807) is 17.0 Å². The molecule has 1 aromatic heterocycles. The smallest absolute Gasteiger partial charge is 0.339 e. The maximum absolute atomic E-state index is 12.3. The molecule has 0 bridgehead atoms. The molecule has 7 nitrogen and oxygen atoms in total. The number of rotatable bonds is 9. The number of ether oxygens (including phenoxy) is 2. The van der Waals surface area contributed by atoms with Gasteiger partial charge in [0.05, 0.1) is 7.11 Å². The van der Waals surface area contributed by atoms with Crippen LogP contribution in [0.4, 0.5) is 0 Å². The van der Waals surface area contributed by atoms with Crippen LogP contribution in [0.25, 0.3) is 11.0 Å². The molecule has 7 heteroatoms. The van der Waals surface area contributed by atoms with Gasteiger partial charge in [-0.15, -0.1) is 0 Å². The summed E-state index contributed by atoms with van der Waals surface area (Å²) in [6.45, 7) is 9.87. The molecule has 0 aliphatic carbocycles. The van der Waals surface area contributed by atoms with Crippen molar-refractivity contribution in [3.63, 3.8) is 0 Å². The number of nitrogens with zero attached hydrogens (tertiary/aromatic N) is 1. The number of aryl methyl sites for hydroxylation is 1. The number of esters is 1. The number of hydrogen-bond donors (Lipinski definition) is 0. The van der Waals surface area contributed by atoms with Crippen molar-refractivity contribution in [2.24, 2.45) is 0 Å². The molecule has 0 saturated carbocycles. The van der Waals surface area contributed by atoms with E-state index in [1.807, 2.05) is 26.8 Å². The zero-order valence-electron chi connectivity index (χ0n) is 17.4. The Hall–Kier alpha value is -3.09. The van der Waals surface area contributed by atoms with E-state index in [4.69, 9.17) is 13.9 Å². The summed E-state index contributed by atoms with van der Waals surface area (Å²) < 4.78 is 15.6. The van der Waals surface area contributed by atoms with Gasteiger partial charge in [-0.05, 0) is 44.9 Å². The fourth-order valence-electron chi connectivity index (χ4n) is 3.03. The van der Waals surface area contributed by atoms with Crippen LogP contribution >= 0.6 is 0 Å². The van der Waals surface area contributed by atoms with E-state index >= 15 is 0 Å². The highest BCUT2D eigenvalue weighted by Crippen LogP contribution is 2.24. The largest absolute Gasteiger partial charge is 0.497 e. The lowest BCUT2D eigenvalue weighted by molar-refractivity contribution is -0.151. The number of methoxy groups -OCH3 is 1. The minimum atomic E-state index is -0.543. The molecule has 29 heavy (non-hydrogen) atoms. The summed E-state index contributed by atoms with van der Waals surface area (Å²) in [6.07, 6.45) is 0.152. The number of fused-ring (bicyclic) bond motifs is 1. The molecule has 2 aromatic rings. The predicted octanol–water partition coefficient (Wildman–Crippen LogP) is 3.01. The molecule has 0 N–H and O–H groups in total. The first-order chi connectivity index (χ1) is 13.8. The second-order valence-electron chi connectivity index (χ2n) is 6.88. The molecule has 0 fully saturated rings. The Bertz CT molecular complexity index is 975. The second-order valence-corrected chi connectivity index (χ2v) is 6.88. The summed E-state index contributed by atoms with van der Waals surface area (Å²) in [6, 6.07) is 5.25. The van der Waals surface area contributed by atoms with E-state index in [9.17, 15) is 14.4 Å². The van der Waals surface area contributed by atoms with Crippen LogP contribution in [0.2, 0.25) is 0 Å². The first kappa shape index (κ1) is 22.2. The van der Waals surface area contributed by atoms with Crippen molar-refractivity contribution >= 4 is 22.8 Å². The molecule has 0 aliphatic heterocycles. The molecule has 0 unspecified atom stereocenters. The van der Waals surface area contributed by atoms with Gasteiger partial charge in [0.25, 0.3) is 5.91 Å². The first-order valence-electron chi connectivity index (χ1n) is 9.44. The van der Waals surface area contributed by atoms with Crippen molar-refractivity contribution in [1.82, 2.24) is 4.90 Å². The Morgan fingerprint density at radius 2 is 2.00 bits per heavy atom. The van der Waals surface area contributed by atoms with Gasteiger partial charge in [-0.3, -0.25) is 9.59 Å². The van der Waals surface area contributed by atoms with Crippen molar-refractivity contribution in [2.75, 3.05) is 26.8 Å². The maximum Gasteiger partial charge on any atom is 0.339 e. The standard InChI is InChI=1S/C22H27NO6/c1-6-23(12-14(2)3)20(24)13-28-21(25)10-9-18-15(4)17-8-7-16(27-5)11-19(17)29-22(18)26/h7-8,11H,2,6,9-10,12-13H2,1,3-5H3. The summed E-state index contributed by atoms with van der Waals surface area (Å²) in [5.41, 5.74) is 1.96. The fraction of sp³-hybridized carbons (Fsp3) is 0.409. The van der Waals surface area contributed by atoms with Crippen molar-refractivity contribution < 1.29 is 23.5 Å². The Morgan fingerprint density at radius 1 is 1.28 bits per heavy atom. The SMILES string of the molecule is C=C(C)CN(CC)C(=O)COC(=O)CCc1c(C)c2ccc(OC)cc2oc1=O. The Kier molecular flexibility index (Phi) is 7.59. The number of benzene rings is 1. The molecule has 0 aliphatic rings. The van der Waals surface area contributed by atoms with Gasteiger partial charge < -0.3 is 18.8 Å². The summed E-state index contributed by atoms with van der Waals surface area (Å²) in [5.74, 6) is -0.230. The summed E-state index contributed by atoms with van der Waals surface area (Å²) in [4.78, 5) is 38.1. The molecule has 0 spiro atoms. The summed E-state index contributed by atoms with van der Waals surface area (Å²) >= 11 is 0. The van der Waals surface area contributed by atoms with Gasteiger partial charge in [0, 0.05) is 36.5 Å². The molecule has 2 rings (SSSR count). The van der Waals surface area contributed by atoms with Crippen LogP contribution in [-0.2, 0) is 20.7 Å². The first-order valence-corrected chi connectivity index (χ1v) is 9.44. The van der Waals surface area contributed by atoms with Gasteiger partial charge in [-0.25, -0.2) is 4.79 Å². The second kappa shape index (κ2) is 9.91. The Morgan fingerprint density at radius 3 is 2.62 bits per heavy atom. The molecular weight excluding hydrogens is 374 g/mol. The van der Waals surface area contributed by atoms with Gasteiger partial charge >= 0.3 is 11.6 Å². The van der Waals surface area contributed by atoms with Crippen LogP contribution in [0.5, 0.6) is 5.75 Å². The highest BCUT2D eigenvalue weighted by molar-refractivity contribution is 5.83. The van der Waals surface area contributed by atoms with E-state index in [1.165, 1.54) is 7.11 Å². The topological polar surface area (TPSA) is 86.1 Å². The monoisotopic (exact) mass is 401 g/mol. The molecule has 1 heterocycles. The van der Waals surface area contributed by atoms with Crippen LogP contribution < -0.4 is 10.4 Å². The zero-order chi connectivity index (χ0) is 21.6. The predicted molar refractivity (Wildman–Crippen MR) is 110 cm³/mol. The summed E-state index contributed by atoms with van der Waals surface area (Å²) in [7, 11) is 1.54. The zero-order valence-corrected chi connectivity index (χ0v) is 17.4. The third kappa shape index (κ3) is 5.70. The van der Waals surface area contributed by atoms with E-state index in [0.717, 1.165) is 16.5 Å². The number of carbonyl (C=O) groups is 2. The summed E-state index contributed by atoms with van der Waals surface area (Å²) in [5, 5.41) is 0.780. The van der Waals surface area contributed by atoms with Crippen LogP contribution in [-0.4, -0.2) is 43.6 Å². The lowest BCUT2D eigenvalue weighted by atomic mass is 10.0. The fourth-order valence-corrected chi connectivity index (χ4v) is 3.03. The van der Waals surface area contributed by atoms with E-state index in [2.05, 4.69) is 6.58 Å².